The molecule has 0 saturated carbocycles. The molecule has 1 aliphatic rings. The van der Waals surface area contributed by atoms with Crippen molar-refractivity contribution in [2.75, 3.05) is 26.7 Å². The number of primary amides is 1. The molecule has 0 aliphatic carbocycles. The number of nitrogens with one attached hydrogen (secondary N) is 1. The maximum atomic E-state index is 10.9. The van der Waals surface area contributed by atoms with Crippen molar-refractivity contribution >= 4 is 11.9 Å². The molecule has 0 spiro atoms. The first kappa shape index (κ1) is 20.5. The lowest BCUT2D eigenvalue weighted by Crippen LogP contribution is -2.47. The summed E-state index contributed by atoms with van der Waals surface area (Å²) in [5.74, 6) is 1.92. The highest BCUT2D eigenvalue weighted by atomic mass is 16.5. The van der Waals surface area contributed by atoms with Crippen LogP contribution in [0.4, 0.5) is 0 Å². The average Bonchev–Trinajstić information content (AvgIpc) is 2.75. The Morgan fingerprint density at radius 3 is 2.55 bits per heavy atom. The Morgan fingerprint density at radius 2 is 1.86 bits per heavy atom. The molecule has 0 unspecified atom stereocenters. The lowest BCUT2D eigenvalue weighted by Gasteiger charge is -2.34. The van der Waals surface area contributed by atoms with Crippen LogP contribution in [0.25, 0.3) is 0 Å². The second kappa shape index (κ2) is 10.4. The van der Waals surface area contributed by atoms with Crippen LogP contribution in [-0.4, -0.2) is 49.6 Å². The third-order valence-electron chi connectivity index (χ3n) is 4.73. The quantitative estimate of drug-likeness (QED) is 0.553. The standard InChI is InChI=1S/C22H28N4O3/c1-24-22(25-15-17-6-5-9-20(14-17)28-16-21(23)27)26-12-10-19(11-13-26)29-18-7-3-2-4-8-18/h2-9,14,19H,10-13,15-16H2,1H3,(H2,23,27)(H,24,25). The number of amides is 1. The van der Waals surface area contributed by atoms with Crippen molar-refractivity contribution < 1.29 is 14.3 Å². The number of nitrogens with two attached hydrogens (primary N) is 1. The van der Waals surface area contributed by atoms with Crippen molar-refractivity contribution in [3.63, 3.8) is 0 Å². The number of ether oxygens (including phenoxy) is 2. The summed E-state index contributed by atoms with van der Waals surface area (Å²) in [6.07, 6.45) is 2.13. The molecule has 7 nitrogen and oxygen atoms in total. The van der Waals surface area contributed by atoms with Gasteiger partial charge in [-0.2, -0.15) is 0 Å². The fourth-order valence-electron chi connectivity index (χ4n) is 3.29. The van der Waals surface area contributed by atoms with Crippen molar-refractivity contribution in [1.82, 2.24) is 10.2 Å². The maximum Gasteiger partial charge on any atom is 0.255 e. The van der Waals surface area contributed by atoms with Crippen LogP contribution in [0.5, 0.6) is 11.5 Å². The molecule has 0 atom stereocenters. The summed E-state index contributed by atoms with van der Waals surface area (Å²) in [7, 11) is 1.79. The van der Waals surface area contributed by atoms with Crippen LogP contribution in [0.1, 0.15) is 18.4 Å². The van der Waals surface area contributed by atoms with E-state index in [9.17, 15) is 4.79 Å². The highest BCUT2D eigenvalue weighted by Crippen LogP contribution is 2.19. The number of piperidine rings is 1. The van der Waals surface area contributed by atoms with Gasteiger partial charge >= 0.3 is 0 Å². The fourth-order valence-corrected chi connectivity index (χ4v) is 3.29. The zero-order valence-corrected chi connectivity index (χ0v) is 16.7. The van der Waals surface area contributed by atoms with Crippen LogP contribution in [0.15, 0.2) is 59.6 Å². The molecule has 2 aromatic carbocycles. The number of para-hydroxylation sites is 1. The minimum Gasteiger partial charge on any atom is -0.490 e. The van der Waals surface area contributed by atoms with E-state index in [0.29, 0.717) is 12.3 Å². The molecule has 7 heteroatoms. The minimum atomic E-state index is -0.492. The topological polar surface area (TPSA) is 89.2 Å². The highest BCUT2D eigenvalue weighted by Gasteiger charge is 2.22. The summed E-state index contributed by atoms with van der Waals surface area (Å²) >= 11 is 0. The molecule has 29 heavy (non-hydrogen) atoms. The minimum absolute atomic E-state index is 0.126. The van der Waals surface area contributed by atoms with E-state index in [2.05, 4.69) is 15.2 Å². The first-order valence-electron chi connectivity index (χ1n) is 9.81. The summed E-state index contributed by atoms with van der Waals surface area (Å²) < 4.78 is 11.4. The maximum absolute atomic E-state index is 10.9. The van der Waals surface area contributed by atoms with Gasteiger partial charge in [-0.25, -0.2) is 0 Å². The van der Waals surface area contributed by atoms with Gasteiger partial charge < -0.3 is 25.4 Å². The summed E-state index contributed by atoms with van der Waals surface area (Å²) in [4.78, 5) is 17.5. The van der Waals surface area contributed by atoms with Gasteiger partial charge in [0.2, 0.25) is 0 Å². The van der Waals surface area contributed by atoms with Crippen molar-refractivity contribution in [2.45, 2.75) is 25.5 Å². The largest absolute Gasteiger partial charge is 0.490 e. The molecule has 3 rings (SSSR count). The monoisotopic (exact) mass is 396 g/mol. The van der Waals surface area contributed by atoms with E-state index in [1.807, 2.05) is 48.5 Å². The number of hydrogen-bond acceptors (Lipinski definition) is 4. The number of rotatable bonds is 7. The van der Waals surface area contributed by atoms with E-state index in [1.165, 1.54) is 0 Å². The van der Waals surface area contributed by atoms with Gasteiger partial charge in [-0.1, -0.05) is 30.3 Å². The number of carbonyl (C=O) groups is 1. The van der Waals surface area contributed by atoms with Gasteiger partial charge in [0.15, 0.2) is 12.6 Å². The molecule has 154 valence electrons. The number of nitrogens with zero attached hydrogens (tertiary/aromatic N) is 2. The zero-order valence-electron chi connectivity index (χ0n) is 16.7. The second-order valence-electron chi connectivity index (χ2n) is 6.92. The van der Waals surface area contributed by atoms with Gasteiger partial charge in [-0.15, -0.1) is 0 Å². The number of guanidine groups is 1. The third kappa shape index (κ3) is 6.41. The predicted molar refractivity (Wildman–Crippen MR) is 113 cm³/mol. The van der Waals surface area contributed by atoms with Crippen LogP contribution in [0.2, 0.25) is 0 Å². The van der Waals surface area contributed by atoms with E-state index in [0.717, 1.165) is 43.2 Å². The van der Waals surface area contributed by atoms with Gasteiger partial charge in [0.1, 0.15) is 17.6 Å². The number of benzene rings is 2. The van der Waals surface area contributed by atoms with Crippen molar-refractivity contribution in [2.24, 2.45) is 10.7 Å². The molecule has 2 aromatic rings. The molecule has 0 bridgehead atoms. The first-order chi connectivity index (χ1) is 14.1. The van der Waals surface area contributed by atoms with Gasteiger partial charge in [-0.05, 0) is 29.8 Å². The molecule has 3 N–H and O–H groups in total. The molecule has 1 fully saturated rings. The van der Waals surface area contributed by atoms with Gasteiger partial charge in [0.05, 0.1) is 0 Å². The average molecular weight is 396 g/mol. The fraction of sp³-hybridized carbons (Fsp3) is 0.364. The molecule has 1 saturated heterocycles. The predicted octanol–water partition coefficient (Wildman–Crippen LogP) is 2.17. The molecule has 1 heterocycles. The summed E-state index contributed by atoms with van der Waals surface area (Å²) in [5.41, 5.74) is 6.16. The van der Waals surface area contributed by atoms with E-state index in [-0.39, 0.29) is 12.7 Å². The van der Waals surface area contributed by atoms with Crippen LogP contribution in [-0.2, 0) is 11.3 Å². The van der Waals surface area contributed by atoms with Crippen LogP contribution in [0.3, 0.4) is 0 Å². The van der Waals surface area contributed by atoms with Crippen LogP contribution in [0, 0.1) is 0 Å². The smallest absolute Gasteiger partial charge is 0.255 e. The molecular weight excluding hydrogens is 368 g/mol. The van der Waals surface area contributed by atoms with Gasteiger partial charge in [0.25, 0.3) is 5.91 Å². The van der Waals surface area contributed by atoms with Crippen molar-refractivity contribution in [3.8, 4) is 11.5 Å². The summed E-state index contributed by atoms with van der Waals surface area (Å²) in [6.45, 7) is 2.26. The number of hydrogen-bond donors (Lipinski definition) is 2. The molecule has 1 aliphatic heterocycles. The molecule has 0 radical (unpaired) electrons. The Hall–Kier alpha value is -3.22. The molecule has 1 amide bonds. The molecular formula is C22H28N4O3. The van der Waals surface area contributed by atoms with Crippen molar-refractivity contribution in [1.29, 1.82) is 0 Å². The van der Waals surface area contributed by atoms with E-state index in [1.54, 1.807) is 13.1 Å². The Labute approximate surface area is 171 Å². The normalized spacial score (nSPS) is 15.1. The SMILES string of the molecule is CN=C(NCc1cccc(OCC(N)=O)c1)N1CCC(Oc2ccccc2)CC1. The Bertz CT molecular complexity index is 818. The highest BCUT2D eigenvalue weighted by molar-refractivity contribution is 5.80. The van der Waals surface area contributed by atoms with E-state index < -0.39 is 5.91 Å². The van der Waals surface area contributed by atoms with E-state index in [4.69, 9.17) is 15.2 Å². The third-order valence-corrected chi connectivity index (χ3v) is 4.73. The van der Waals surface area contributed by atoms with Crippen LogP contribution < -0.4 is 20.5 Å². The Kier molecular flexibility index (Phi) is 7.33. The van der Waals surface area contributed by atoms with Gasteiger partial charge in [0, 0.05) is 39.5 Å². The van der Waals surface area contributed by atoms with Crippen LogP contribution >= 0.6 is 0 Å². The number of carbonyl (C=O) groups excluding carboxylic acids is 1. The van der Waals surface area contributed by atoms with E-state index >= 15 is 0 Å². The Morgan fingerprint density at radius 1 is 1.14 bits per heavy atom. The van der Waals surface area contributed by atoms with Gasteiger partial charge in [-0.3, -0.25) is 9.79 Å². The first-order valence-corrected chi connectivity index (χ1v) is 9.81. The number of aliphatic imine (C=N–C) groups is 1. The second-order valence-corrected chi connectivity index (χ2v) is 6.92. The molecule has 0 aromatic heterocycles. The lowest BCUT2D eigenvalue weighted by molar-refractivity contribution is -0.119. The summed E-state index contributed by atoms with van der Waals surface area (Å²) in [6, 6.07) is 17.5. The number of likely N-dealkylation sites (tertiary alicyclic amines) is 1. The zero-order chi connectivity index (χ0) is 20.5. The Balaban J connectivity index is 1.47. The summed E-state index contributed by atoms with van der Waals surface area (Å²) in [5, 5.41) is 3.40. The van der Waals surface area contributed by atoms with Crippen molar-refractivity contribution in [3.05, 3.63) is 60.2 Å². The lowest BCUT2D eigenvalue weighted by atomic mass is 10.1.